The van der Waals surface area contributed by atoms with E-state index in [1.807, 2.05) is 0 Å². The maximum absolute atomic E-state index is 13.7. The monoisotopic (exact) mass is 479 g/mol. The highest BCUT2D eigenvalue weighted by molar-refractivity contribution is 6.31. The highest BCUT2D eigenvalue weighted by Crippen LogP contribution is 2.43. The smallest absolute Gasteiger partial charge is 0.420 e. The van der Waals surface area contributed by atoms with Crippen molar-refractivity contribution in [1.29, 1.82) is 0 Å². The number of benzene rings is 2. The molecule has 4 nitrogen and oxygen atoms in total. The first kappa shape index (κ1) is 24.0. The second-order valence-corrected chi connectivity index (χ2v) is 7.80. The Hall–Kier alpha value is -2.62. The fourth-order valence-corrected chi connectivity index (χ4v) is 3.55. The molecule has 0 saturated carbocycles. The zero-order valence-electron chi connectivity index (χ0n) is 16.9. The van der Waals surface area contributed by atoms with Gasteiger partial charge in [0, 0.05) is 13.1 Å². The molecule has 0 amide bonds. The molecule has 0 aromatic heterocycles. The standard InChI is InChI=1S/C21H20ClF6N3O/c1-12-9-18(32-13-5-6-16(22)14(10-13)20(23,24)25)15(21(26,27)28)11-17(12)30-19(29)31-7-3-2-4-8-31/h5-6,9-11H,2-4,7-8H2,1H3,(H2,29,30). The first-order valence-electron chi connectivity index (χ1n) is 9.72. The first-order chi connectivity index (χ1) is 14.9. The number of rotatable bonds is 3. The molecule has 2 aromatic carbocycles. The van der Waals surface area contributed by atoms with Crippen molar-refractivity contribution in [3.8, 4) is 11.5 Å². The van der Waals surface area contributed by atoms with E-state index in [-0.39, 0.29) is 11.6 Å². The van der Waals surface area contributed by atoms with Gasteiger partial charge < -0.3 is 15.4 Å². The van der Waals surface area contributed by atoms with Gasteiger partial charge in [0.2, 0.25) is 0 Å². The van der Waals surface area contributed by atoms with E-state index in [1.165, 1.54) is 6.92 Å². The molecule has 1 aliphatic rings. The summed E-state index contributed by atoms with van der Waals surface area (Å²) in [5.41, 5.74) is 3.91. The summed E-state index contributed by atoms with van der Waals surface area (Å²) in [5.74, 6) is -0.973. The molecule has 0 unspecified atom stereocenters. The number of alkyl halides is 6. The van der Waals surface area contributed by atoms with E-state index in [1.54, 1.807) is 4.90 Å². The van der Waals surface area contributed by atoms with E-state index >= 15 is 0 Å². The second kappa shape index (κ2) is 9.09. The minimum absolute atomic E-state index is 0.000153. The van der Waals surface area contributed by atoms with Crippen molar-refractivity contribution in [3.05, 3.63) is 52.0 Å². The normalized spacial score (nSPS) is 15.8. The number of guanidine groups is 1. The highest BCUT2D eigenvalue weighted by Gasteiger charge is 2.37. The second-order valence-electron chi connectivity index (χ2n) is 7.39. The van der Waals surface area contributed by atoms with Gasteiger partial charge in [-0.2, -0.15) is 26.3 Å². The topological polar surface area (TPSA) is 50.9 Å². The van der Waals surface area contributed by atoms with Crippen LogP contribution in [0.25, 0.3) is 0 Å². The number of halogens is 7. The van der Waals surface area contributed by atoms with Crippen molar-refractivity contribution < 1.29 is 31.1 Å². The fourth-order valence-electron chi connectivity index (χ4n) is 3.33. The molecule has 0 bridgehead atoms. The molecule has 0 spiro atoms. The number of nitrogens with zero attached hydrogens (tertiary/aromatic N) is 2. The van der Waals surface area contributed by atoms with Crippen LogP contribution in [0.1, 0.15) is 36.0 Å². The summed E-state index contributed by atoms with van der Waals surface area (Å²) >= 11 is 5.56. The van der Waals surface area contributed by atoms with Crippen LogP contribution >= 0.6 is 11.6 Å². The third kappa shape index (κ3) is 5.59. The minimum atomic E-state index is -4.84. The molecule has 2 N–H and O–H groups in total. The number of nitrogens with two attached hydrogens (primary N) is 1. The number of aliphatic imine (C=N–C) groups is 1. The van der Waals surface area contributed by atoms with E-state index in [0.29, 0.717) is 24.7 Å². The lowest BCUT2D eigenvalue weighted by molar-refractivity contribution is -0.139. The lowest BCUT2D eigenvalue weighted by Gasteiger charge is -2.27. The zero-order chi connectivity index (χ0) is 23.7. The van der Waals surface area contributed by atoms with E-state index < -0.39 is 40.0 Å². The van der Waals surface area contributed by atoms with Gasteiger partial charge in [0.25, 0.3) is 0 Å². The molecule has 3 rings (SSSR count). The Kier molecular flexibility index (Phi) is 6.83. The van der Waals surface area contributed by atoms with Crippen molar-refractivity contribution in [2.24, 2.45) is 10.7 Å². The van der Waals surface area contributed by atoms with Gasteiger partial charge in [-0.15, -0.1) is 0 Å². The Morgan fingerprint density at radius 1 is 0.969 bits per heavy atom. The molecule has 11 heteroatoms. The van der Waals surface area contributed by atoms with Gasteiger partial charge in [0.15, 0.2) is 5.96 Å². The molecule has 2 aromatic rings. The number of likely N-dealkylation sites (tertiary alicyclic amines) is 1. The van der Waals surface area contributed by atoms with Crippen molar-refractivity contribution in [1.82, 2.24) is 4.90 Å². The zero-order valence-corrected chi connectivity index (χ0v) is 17.7. The predicted octanol–water partition coefficient (Wildman–Crippen LogP) is 6.91. The molecule has 1 aliphatic heterocycles. The lowest BCUT2D eigenvalue weighted by Crippen LogP contribution is -2.40. The number of aryl methyl sites for hydroxylation is 1. The molecular formula is C21H20ClF6N3O. The molecule has 1 saturated heterocycles. The van der Waals surface area contributed by atoms with Gasteiger partial charge in [-0.05, 0) is 62.1 Å². The Morgan fingerprint density at radius 2 is 1.59 bits per heavy atom. The van der Waals surface area contributed by atoms with Crippen molar-refractivity contribution in [2.75, 3.05) is 13.1 Å². The average molecular weight is 480 g/mol. The molecular weight excluding hydrogens is 460 g/mol. The van der Waals surface area contributed by atoms with Gasteiger partial charge in [0.1, 0.15) is 17.1 Å². The highest BCUT2D eigenvalue weighted by atomic mass is 35.5. The SMILES string of the molecule is Cc1cc(Oc2ccc(Cl)c(C(F)(F)F)c2)c(C(F)(F)F)cc1N=C(N)N1CCCCC1. The molecule has 1 heterocycles. The van der Waals surface area contributed by atoms with Crippen molar-refractivity contribution in [2.45, 2.75) is 38.5 Å². The van der Waals surface area contributed by atoms with E-state index in [0.717, 1.165) is 43.5 Å². The van der Waals surface area contributed by atoms with Crippen LogP contribution < -0.4 is 10.5 Å². The molecule has 1 fully saturated rings. The summed E-state index contributed by atoms with van der Waals surface area (Å²) in [4.78, 5) is 5.96. The largest absolute Gasteiger partial charge is 0.457 e. The Balaban J connectivity index is 2.00. The molecule has 174 valence electrons. The molecule has 0 atom stereocenters. The number of hydrogen-bond acceptors (Lipinski definition) is 2. The molecule has 0 radical (unpaired) electrons. The van der Waals surface area contributed by atoms with Gasteiger partial charge in [-0.3, -0.25) is 0 Å². The van der Waals surface area contributed by atoms with Crippen LogP contribution in [-0.4, -0.2) is 23.9 Å². The van der Waals surface area contributed by atoms with E-state index in [9.17, 15) is 26.3 Å². The van der Waals surface area contributed by atoms with Gasteiger partial charge in [-0.1, -0.05) is 11.6 Å². The van der Waals surface area contributed by atoms with Crippen LogP contribution in [0, 0.1) is 6.92 Å². The third-order valence-corrected chi connectivity index (χ3v) is 5.32. The van der Waals surface area contributed by atoms with Crippen molar-refractivity contribution >= 4 is 23.2 Å². The molecule has 0 aliphatic carbocycles. The maximum Gasteiger partial charge on any atom is 0.420 e. The fraction of sp³-hybridized carbons (Fsp3) is 0.381. The predicted molar refractivity (Wildman–Crippen MR) is 109 cm³/mol. The lowest BCUT2D eigenvalue weighted by atomic mass is 10.1. The third-order valence-electron chi connectivity index (χ3n) is 4.99. The average Bonchev–Trinajstić information content (AvgIpc) is 2.70. The van der Waals surface area contributed by atoms with Crippen LogP contribution in [0.2, 0.25) is 5.02 Å². The van der Waals surface area contributed by atoms with Gasteiger partial charge >= 0.3 is 12.4 Å². The molecule has 32 heavy (non-hydrogen) atoms. The van der Waals surface area contributed by atoms with Crippen LogP contribution in [0.5, 0.6) is 11.5 Å². The van der Waals surface area contributed by atoms with Gasteiger partial charge in [0.05, 0.1) is 16.3 Å². The maximum atomic E-state index is 13.7. The van der Waals surface area contributed by atoms with E-state index in [4.69, 9.17) is 22.1 Å². The summed E-state index contributed by atoms with van der Waals surface area (Å²) in [7, 11) is 0. The first-order valence-corrected chi connectivity index (χ1v) is 10.1. The van der Waals surface area contributed by atoms with Crippen LogP contribution in [0.4, 0.5) is 32.0 Å². The number of ether oxygens (including phenoxy) is 1. The summed E-state index contributed by atoms with van der Waals surface area (Å²) in [6.07, 6.45) is -6.75. The van der Waals surface area contributed by atoms with Crippen LogP contribution in [-0.2, 0) is 12.4 Å². The summed E-state index contributed by atoms with van der Waals surface area (Å²) in [6.45, 7) is 2.85. The van der Waals surface area contributed by atoms with Gasteiger partial charge in [-0.25, -0.2) is 4.99 Å². The van der Waals surface area contributed by atoms with Crippen LogP contribution in [0.3, 0.4) is 0 Å². The van der Waals surface area contributed by atoms with E-state index in [2.05, 4.69) is 4.99 Å². The number of hydrogen-bond donors (Lipinski definition) is 1. The minimum Gasteiger partial charge on any atom is -0.457 e. The Bertz CT molecular complexity index is 1010. The summed E-state index contributed by atoms with van der Waals surface area (Å²) < 4.78 is 85.6. The Labute approximate surface area is 185 Å². The quantitative estimate of drug-likeness (QED) is 0.295. The summed E-state index contributed by atoms with van der Waals surface area (Å²) in [5, 5.41) is -0.588. The summed E-state index contributed by atoms with van der Waals surface area (Å²) in [6, 6.07) is 4.39. The van der Waals surface area contributed by atoms with Crippen molar-refractivity contribution in [3.63, 3.8) is 0 Å². The van der Waals surface area contributed by atoms with Crippen LogP contribution in [0.15, 0.2) is 35.3 Å². The Morgan fingerprint density at radius 3 is 2.19 bits per heavy atom. The number of piperidine rings is 1.